The van der Waals surface area contributed by atoms with Crippen molar-refractivity contribution in [3.8, 4) is 5.75 Å². The summed E-state index contributed by atoms with van der Waals surface area (Å²) in [5, 5.41) is -0.120. The molecular formula is C8H7Cl2F2NO. The summed E-state index contributed by atoms with van der Waals surface area (Å²) < 4.78 is 29.9. The number of nitrogens with zero attached hydrogens (tertiary/aromatic N) is 1. The molecule has 1 heterocycles. The third-order valence-electron chi connectivity index (χ3n) is 1.65. The second-order valence-electron chi connectivity index (χ2n) is 2.43. The summed E-state index contributed by atoms with van der Waals surface area (Å²) in [4.78, 5) is 3.79. The van der Waals surface area contributed by atoms with E-state index in [9.17, 15) is 8.78 Å². The van der Waals surface area contributed by atoms with Crippen LogP contribution in [0.25, 0.3) is 0 Å². The zero-order valence-corrected chi connectivity index (χ0v) is 8.74. The number of halogens is 4. The molecule has 0 aromatic carbocycles. The van der Waals surface area contributed by atoms with Gasteiger partial charge in [-0.25, -0.2) is 8.78 Å². The number of methoxy groups -OCH3 is 1. The first-order chi connectivity index (χ1) is 6.61. The Bertz CT molecular complexity index is 333. The molecule has 0 atom stereocenters. The Balaban J connectivity index is 3.35. The zero-order valence-electron chi connectivity index (χ0n) is 7.23. The van der Waals surface area contributed by atoms with Gasteiger partial charge in [0.05, 0.1) is 29.3 Å². The van der Waals surface area contributed by atoms with Gasteiger partial charge in [0.2, 0.25) is 0 Å². The molecule has 78 valence electrons. The molecule has 0 saturated heterocycles. The molecule has 1 rings (SSSR count). The van der Waals surface area contributed by atoms with Gasteiger partial charge < -0.3 is 4.74 Å². The number of alkyl halides is 3. The van der Waals surface area contributed by atoms with E-state index in [1.807, 2.05) is 0 Å². The van der Waals surface area contributed by atoms with Crippen LogP contribution >= 0.6 is 23.2 Å². The van der Waals surface area contributed by atoms with E-state index in [2.05, 4.69) is 4.98 Å². The predicted molar refractivity (Wildman–Crippen MR) is 50.3 cm³/mol. The molecule has 0 unspecified atom stereocenters. The molecule has 6 heteroatoms. The Morgan fingerprint density at radius 2 is 2.21 bits per heavy atom. The van der Waals surface area contributed by atoms with Crippen molar-refractivity contribution in [1.82, 2.24) is 4.98 Å². The van der Waals surface area contributed by atoms with E-state index in [1.165, 1.54) is 7.11 Å². The second-order valence-corrected chi connectivity index (χ2v) is 3.11. The summed E-state index contributed by atoms with van der Waals surface area (Å²) >= 11 is 11.1. The Kier molecular flexibility index (Phi) is 3.89. The average Bonchev–Trinajstić information content (AvgIpc) is 2.16. The highest BCUT2D eigenvalue weighted by atomic mass is 35.5. The molecule has 2 nitrogen and oxygen atoms in total. The van der Waals surface area contributed by atoms with Gasteiger partial charge in [-0.2, -0.15) is 0 Å². The van der Waals surface area contributed by atoms with Gasteiger partial charge in [0.15, 0.2) is 5.75 Å². The van der Waals surface area contributed by atoms with E-state index in [1.54, 1.807) is 0 Å². The topological polar surface area (TPSA) is 22.1 Å². The van der Waals surface area contributed by atoms with Gasteiger partial charge in [-0.3, -0.25) is 4.98 Å². The highest BCUT2D eigenvalue weighted by molar-refractivity contribution is 6.31. The first-order valence-corrected chi connectivity index (χ1v) is 4.58. The zero-order chi connectivity index (χ0) is 10.7. The van der Waals surface area contributed by atoms with Crippen molar-refractivity contribution in [1.29, 1.82) is 0 Å². The van der Waals surface area contributed by atoms with Crippen molar-refractivity contribution < 1.29 is 13.5 Å². The fourth-order valence-corrected chi connectivity index (χ4v) is 1.46. The van der Waals surface area contributed by atoms with Crippen molar-refractivity contribution in [3.63, 3.8) is 0 Å². The molecule has 0 aliphatic heterocycles. The minimum Gasteiger partial charge on any atom is -0.494 e. The molecule has 0 fully saturated rings. The van der Waals surface area contributed by atoms with Gasteiger partial charge in [0.25, 0.3) is 6.43 Å². The molecule has 0 saturated carbocycles. The fourth-order valence-electron chi connectivity index (χ4n) is 1.05. The van der Waals surface area contributed by atoms with E-state index >= 15 is 0 Å². The first kappa shape index (κ1) is 11.5. The number of hydrogen-bond donors (Lipinski definition) is 0. The van der Waals surface area contributed by atoms with Gasteiger partial charge in [0.1, 0.15) is 0 Å². The van der Waals surface area contributed by atoms with Crippen LogP contribution in [0.4, 0.5) is 8.78 Å². The maximum absolute atomic E-state index is 12.6. The number of ether oxygens (including phenoxy) is 1. The van der Waals surface area contributed by atoms with E-state index in [0.717, 1.165) is 6.20 Å². The van der Waals surface area contributed by atoms with Crippen LogP contribution in [0.2, 0.25) is 5.02 Å². The number of pyridine rings is 1. The Labute approximate surface area is 89.8 Å². The molecule has 0 radical (unpaired) electrons. The van der Waals surface area contributed by atoms with Crippen molar-refractivity contribution in [3.05, 3.63) is 22.5 Å². The summed E-state index contributed by atoms with van der Waals surface area (Å²) in [6.07, 6.45) is -1.56. The maximum Gasteiger partial charge on any atom is 0.268 e. The number of rotatable bonds is 3. The van der Waals surface area contributed by atoms with Crippen LogP contribution in [-0.4, -0.2) is 12.1 Å². The molecule has 0 bridgehead atoms. The summed E-state index contributed by atoms with van der Waals surface area (Å²) in [6, 6.07) is 0. The van der Waals surface area contributed by atoms with Crippen molar-refractivity contribution in [2.24, 2.45) is 0 Å². The highest BCUT2D eigenvalue weighted by Gasteiger charge is 2.21. The Morgan fingerprint density at radius 3 is 2.64 bits per heavy atom. The van der Waals surface area contributed by atoms with Crippen LogP contribution in [0, 0.1) is 0 Å². The quantitative estimate of drug-likeness (QED) is 0.757. The largest absolute Gasteiger partial charge is 0.494 e. The lowest BCUT2D eigenvalue weighted by molar-refractivity contribution is 0.147. The molecular weight excluding hydrogens is 235 g/mol. The summed E-state index contributed by atoms with van der Waals surface area (Å²) in [5.74, 6) is -0.0393. The van der Waals surface area contributed by atoms with Crippen LogP contribution in [0.3, 0.4) is 0 Å². The Hall–Kier alpha value is -0.610. The van der Waals surface area contributed by atoms with E-state index in [-0.39, 0.29) is 27.9 Å². The van der Waals surface area contributed by atoms with Crippen LogP contribution in [0.5, 0.6) is 5.75 Å². The first-order valence-electron chi connectivity index (χ1n) is 3.67. The van der Waals surface area contributed by atoms with Crippen molar-refractivity contribution >= 4 is 23.2 Å². The molecule has 1 aromatic heterocycles. The summed E-state index contributed by atoms with van der Waals surface area (Å²) in [6.45, 7) is 0. The Morgan fingerprint density at radius 1 is 1.57 bits per heavy atom. The highest BCUT2D eigenvalue weighted by Crippen LogP contribution is 2.36. The minimum absolute atomic E-state index is 0.0000617. The minimum atomic E-state index is -2.71. The van der Waals surface area contributed by atoms with E-state index in [4.69, 9.17) is 27.9 Å². The van der Waals surface area contributed by atoms with Crippen molar-refractivity contribution in [2.75, 3.05) is 7.11 Å². The van der Waals surface area contributed by atoms with Gasteiger partial charge in [-0.1, -0.05) is 11.6 Å². The lowest BCUT2D eigenvalue weighted by atomic mass is 10.2. The third kappa shape index (κ3) is 2.07. The normalized spacial score (nSPS) is 10.7. The predicted octanol–water partition coefficient (Wildman–Crippen LogP) is 3.42. The molecule has 0 N–H and O–H groups in total. The van der Waals surface area contributed by atoms with Crippen LogP contribution in [0.15, 0.2) is 6.20 Å². The van der Waals surface area contributed by atoms with Crippen LogP contribution in [0.1, 0.15) is 17.7 Å². The molecule has 1 aromatic rings. The van der Waals surface area contributed by atoms with Gasteiger partial charge in [-0.05, 0) is 0 Å². The summed E-state index contributed by atoms with van der Waals surface area (Å²) in [7, 11) is 1.27. The van der Waals surface area contributed by atoms with Crippen LogP contribution < -0.4 is 4.74 Å². The molecule has 0 aliphatic carbocycles. The molecule has 0 amide bonds. The average molecular weight is 242 g/mol. The molecule has 0 spiro atoms. The van der Waals surface area contributed by atoms with E-state index in [0.29, 0.717) is 0 Å². The lowest BCUT2D eigenvalue weighted by Crippen LogP contribution is -2.00. The molecule has 14 heavy (non-hydrogen) atoms. The second kappa shape index (κ2) is 4.75. The van der Waals surface area contributed by atoms with Crippen molar-refractivity contribution in [2.45, 2.75) is 12.3 Å². The fraction of sp³-hybridized carbons (Fsp3) is 0.375. The maximum atomic E-state index is 12.6. The number of aromatic nitrogens is 1. The smallest absolute Gasteiger partial charge is 0.268 e. The third-order valence-corrected chi connectivity index (χ3v) is 2.20. The lowest BCUT2D eigenvalue weighted by Gasteiger charge is -2.11. The monoisotopic (exact) mass is 241 g/mol. The van der Waals surface area contributed by atoms with E-state index < -0.39 is 6.43 Å². The SMILES string of the molecule is COc1c(CCl)ncc(Cl)c1C(F)F. The summed E-state index contributed by atoms with van der Waals surface area (Å²) in [5.41, 5.74) is -0.103. The number of hydrogen-bond acceptors (Lipinski definition) is 2. The standard InChI is InChI=1S/C8H7Cl2F2NO/c1-14-7-5(2-9)13-3-4(10)6(7)8(11)12/h3,8H,2H2,1H3. The van der Waals surface area contributed by atoms with Gasteiger partial charge in [-0.15, -0.1) is 11.6 Å². The molecule has 0 aliphatic rings. The van der Waals surface area contributed by atoms with Crippen LogP contribution in [-0.2, 0) is 5.88 Å². The van der Waals surface area contributed by atoms with Gasteiger partial charge in [0, 0.05) is 6.20 Å². The van der Waals surface area contributed by atoms with Gasteiger partial charge >= 0.3 is 0 Å².